The van der Waals surface area contributed by atoms with Crippen molar-refractivity contribution in [2.75, 3.05) is 6.54 Å². The molecule has 2 nitrogen and oxygen atoms in total. The fraction of sp³-hybridized carbons (Fsp3) is 0.455. The molecule has 1 atom stereocenters. The van der Waals surface area contributed by atoms with E-state index in [1.165, 1.54) is 5.56 Å². The highest BCUT2D eigenvalue weighted by molar-refractivity contribution is 9.10. The van der Waals surface area contributed by atoms with Gasteiger partial charge in [-0.25, -0.2) is 0 Å². The molecule has 76 valence electrons. The first-order chi connectivity index (χ1) is 6.58. The summed E-state index contributed by atoms with van der Waals surface area (Å²) >= 11 is 3.54. The van der Waals surface area contributed by atoms with Gasteiger partial charge in [-0.1, -0.05) is 34.1 Å². The number of nitrogens with one attached hydrogen (secondary N) is 1. The van der Waals surface area contributed by atoms with Gasteiger partial charge >= 0.3 is 0 Å². The standard InChI is InChI=1S/C11H14BrNO/c1-11(2)13-7-10(14-11)8-5-3-4-6-9(8)12/h3-6,10,13H,7H2,1-2H3. The van der Waals surface area contributed by atoms with Gasteiger partial charge < -0.3 is 4.74 Å². The van der Waals surface area contributed by atoms with Crippen LogP contribution in [0, 0.1) is 0 Å². The predicted octanol–water partition coefficient (Wildman–Crippen LogP) is 2.85. The number of ether oxygens (including phenoxy) is 1. The highest BCUT2D eigenvalue weighted by Crippen LogP contribution is 2.32. The first-order valence-corrected chi connectivity index (χ1v) is 5.55. The van der Waals surface area contributed by atoms with E-state index in [2.05, 4.69) is 27.3 Å². The van der Waals surface area contributed by atoms with Gasteiger partial charge in [-0.2, -0.15) is 0 Å². The molecular weight excluding hydrogens is 242 g/mol. The molecule has 0 radical (unpaired) electrons. The van der Waals surface area contributed by atoms with Crippen molar-refractivity contribution in [3.63, 3.8) is 0 Å². The average Bonchev–Trinajstić information content (AvgIpc) is 2.47. The maximum absolute atomic E-state index is 5.87. The summed E-state index contributed by atoms with van der Waals surface area (Å²) in [5, 5.41) is 3.33. The van der Waals surface area contributed by atoms with Crippen LogP contribution in [0.15, 0.2) is 28.7 Å². The molecule has 14 heavy (non-hydrogen) atoms. The van der Waals surface area contributed by atoms with Crippen LogP contribution in [0.5, 0.6) is 0 Å². The normalized spacial score (nSPS) is 25.2. The van der Waals surface area contributed by atoms with E-state index in [-0.39, 0.29) is 11.8 Å². The first kappa shape index (κ1) is 10.1. The average molecular weight is 256 g/mol. The molecular formula is C11H14BrNO. The Labute approximate surface area is 92.8 Å². The third kappa shape index (κ3) is 2.00. The van der Waals surface area contributed by atoms with Gasteiger partial charge in [0.05, 0.1) is 6.10 Å². The van der Waals surface area contributed by atoms with Crippen LogP contribution in [0.2, 0.25) is 0 Å². The van der Waals surface area contributed by atoms with Crippen molar-refractivity contribution in [2.45, 2.75) is 25.7 Å². The Hall–Kier alpha value is -0.380. The Morgan fingerprint density at radius 2 is 2.14 bits per heavy atom. The molecule has 1 heterocycles. The third-order valence-electron chi connectivity index (χ3n) is 2.40. The van der Waals surface area contributed by atoms with E-state index in [4.69, 9.17) is 4.74 Å². The van der Waals surface area contributed by atoms with Gasteiger partial charge in [0.15, 0.2) is 0 Å². The van der Waals surface area contributed by atoms with Crippen LogP contribution in [0.25, 0.3) is 0 Å². The minimum Gasteiger partial charge on any atom is -0.352 e. The van der Waals surface area contributed by atoms with E-state index in [1.54, 1.807) is 0 Å². The van der Waals surface area contributed by atoms with E-state index in [0.717, 1.165) is 11.0 Å². The Morgan fingerprint density at radius 1 is 1.43 bits per heavy atom. The van der Waals surface area contributed by atoms with Gasteiger partial charge in [0.25, 0.3) is 0 Å². The Bertz CT molecular complexity index is 338. The summed E-state index contributed by atoms with van der Waals surface area (Å²) in [6.07, 6.45) is 0.153. The number of hydrogen-bond acceptors (Lipinski definition) is 2. The lowest BCUT2D eigenvalue weighted by Crippen LogP contribution is -2.33. The van der Waals surface area contributed by atoms with Crippen LogP contribution < -0.4 is 5.32 Å². The minimum absolute atomic E-state index is 0.153. The first-order valence-electron chi connectivity index (χ1n) is 4.76. The summed E-state index contributed by atoms with van der Waals surface area (Å²) < 4.78 is 6.99. The highest BCUT2D eigenvalue weighted by Gasteiger charge is 2.32. The second-order valence-electron chi connectivity index (χ2n) is 4.02. The molecule has 1 N–H and O–H groups in total. The molecule has 0 saturated carbocycles. The highest BCUT2D eigenvalue weighted by atomic mass is 79.9. The SMILES string of the molecule is CC1(C)NCC(c2ccccc2Br)O1. The van der Waals surface area contributed by atoms with Crippen LogP contribution in [0.1, 0.15) is 25.5 Å². The van der Waals surface area contributed by atoms with Gasteiger partial charge in [0, 0.05) is 11.0 Å². The molecule has 0 spiro atoms. The monoisotopic (exact) mass is 255 g/mol. The quantitative estimate of drug-likeness (QED) is 0.834. The second kappa shape index (κ2) is 3.65. The predicted molar refractivity (Wildman–Crippen MR) is 60.0 cm³/mol. The van der Waals surface area contributed by atoms with Gasteiger partial charge in [-0.15, -0.1) is 0 Å². The van der Waals surface area contributed by atoms with Crippen LogP contribution in [-0.2, 0) is 4.74 Å². The molecule has 1 unspecified atom stereocenters. The molecule has 1 fully saturated rings. The summed E-state index contributed by atoms with van der Waals surface area (Å²) in [4.78, 5) is 0. The zero-order valence-electron chi connectivity index (χ0n) is 8.38. The Morgan fingerprint density at radius 3 is 2.71 bits per heavy atom. The van der Waals surface area contributed by atoms with E-state index >= 15 is 0 Å². The Balaban J connectivity index is 2.22. The van der Waals surface area contributed by atoms with E-state index in [0.29, 0.717) is 0 Å². The zero-order valence-corrected chi connectivity index (χ0v) is 9.97. The molecule has 0 aromatic heterocycles. The molecule has 0 aliphatic carbocycles. The van der Waals surface area contributed by atoms with E-state index in [9.17, 15) is 0 Å². The fourth-order valence-electron chi connectivity index (χ4n) is 1.69. The van der Waals surface area contributed by atoms with Crippen molar-refractivity contribution in [1.29, 1.82) is 0 Å². The lowest BCUT2D eigenvalue weighted by atomic mass is 10.1. The topological polar surface area (TPSA) is 21.3 Å². The van der Waals surface area contributed by atoms with E-state index < -0.39 is 0 Å². The van der Waals surface area contributed by atoms with Crippen molar-refractivity contribution in [3.8, 4) is 0 Å². The molecule has 1 saturated heterocycles. The molecule has 1 aromatic rings. The zero-order chi connectivity index (χ0) is 10.2. The number of benzene rings is 1. The summed E-state index contributed by atoms with van der Waals surface area (Å²) in [5.74, 6) is 0. The van der Waals surface area contributed by atoms with Gasteiger partial charge in [0.2, 0.25) is 0 Å². The van der Waals surface area contributed by atoms with Crippen molar-refractivity contribution < 1.29 is 4.74 Å². The Kier molecular flexibility index (Phi) is 2.64. The molecule has 1 aromatic carbocycles. The van der Waals surface area contributed by atoms with Gasteiger partial charge in [-0.3, -0.25) is 5.32 Å². The van der Waals surface area contributed by atoms with Crippen LogP contribution in [0.4, 0.5) is 0 Å². The summed E-state index contributed by atoms with van der Waals surface area (Å²) in [6, 6.07) is 8.19. The summed E-state index contributed by atoms with van der Waals surface area (Å²) in [7, 11) is 0. The largest absolute Gasteiger partial charge is 0.352 e. The van der Waals surface area contributed by atoms with Crippen molar-refractivity contribution in [1.82, 2.24) is 5.32 Å². The minimum atomic E-state index is -0.208. The second-order valence-corrected chi connectivity index (χ2v) is 4.87. The molecule has 1 aliphatic rings. The summed E-state index contributed by atoms with van der Waals surface area (Å²) in [6.45, 7) is 4.96. The van der Waals surface area contributed by atoms with E-state index in [1.807, 2.05) is 32.0 Å². The maximum Gasteiger partial charge on any atom is 0.114 e. The number of halogens is 1. The van der Waals surface area contributed by atoms with Crippen molar-refractivity contribution in [2.24, 2.45) is 0 Å². The molecule has 0 amide bonds. The van der Waals surface area contributed by atoms with Crippen molar-refractivity contribution in [3.05, 3.63) is 34.3 Å². The van der Waals surface area contributed by atoms with Gasteiger partial charge in [-0.05, 0) is 25.5 Å². The molecule has 0 bridgehead atoms. The molecule has 2 rings (SSSR count). The van der Waals surface area contributed by atoms with Crippen LogP contribution in [0.3, 0.4) is 0 Å². The lowest BCUT2D eigenvalue weighted by molar-refractivity contribution is -0.0243. The molecule has 1 aliphatic heterocycles. The fourth-order valence-corrected chi connectivity index (χ4v) is 2.23. The van der Waals surface area contributed by atoms with Crippen molar-refractivity contribution >= 4 is 15.9 Å². The number of rotatable bonds is 1. The maximum atomic E-state index is 5.87. The summed E-state index contributed by atoms with van der Waals surface area (Å²) in [5.41, 5.74) is 1.01. The smallest absolute Gasteiger partial charge is 0.114 e. The lowest BCUT2D eigenvalue weighted by Gasteiger charge is -2.19. The van der Waals surface area contributed by atoms with Crippen LogP contribution >= 0.6 is 15.9 Å². The number of hydrogen-bond donors (Lipinski definition) is 1. The third-order valence-corrected chi connectivity index (χ3v) is 3.12. The van der Waals surface area contributed by atoms with Crippen LogP contribution in [-0.4, -0.2) is 12.3 Å². The molecule has 3 heteroatoms. The van der Waals surface area contributed by atoms with Gasteiger partial charge in [0.1, 0.15) is 5.72 Å².